The van der Waals surface area contributed by atoms with Gasteiger partial charge in [0, 0.05) is 30.6 Å². The first kappa shape index (κ1) is 14.4. The SMILES string of the molecule is CNc1cc2c(cn1)C=CC(C)(c1cc(N)c(F)cc1C)N2. The second-order valence-corrected chi connectivity index (χ2v) is 5.76. The summed E-state index contributed by atoms with van der Waals surface area (Å²) < 4.78 is 13.6. The molecule has 1 aromatic heterocycles. The maximum Gasteiger partial charge on any atom is 0.146 e. The average molecular weight is 298 g/mol. The van der Waals surface area contributed by atoms with E-state index in [1.807, 2.05) is 39.2 Å². The fourth-order valence-corrected chi connectivity index (χ4v) is 2.83. The van der Waals surface area contributed by atoms with E-state index in [0.29, 0.717) is 0 Å². The highest BCUT2D eigenvalue weighted by molar-refractivity contribution is 5.75. The van der Waals surface area contributed by atoms with Crippen molar-refractivity contribution >= 4 is 23.3 Å². The second-order valence-electron chi connectivity index (χ2n) is 5.76. The van der Waals surface area contributed by atoms with Crippen LogP contribution in [0.15, 0.2) is 30.5 Å². The summed E-state index contributed by atoms with van der Waals surface area (Å²) in [4.78, 5) is 4.30. The Bertz CT molecular complexity index is 769. The molecule has 5 heteroatoms. The molecule has 1 atom stereocenters. The highest BCUT2D eigenvalue weighted by Gasteiger charge is 2.29. The molecule has 0 radical (unpaired) electrons. The molecule has 4 nitrogen and oxygen atoms in total. The van der Waals surface area contributed by atoms with Gasteiger partial charge in [-0.3, -0.25) is 0 Å². The van der Waals surface area contributed by atoms with Crippen molar-refractivity contribution in [2.75, 3.05) is 23.4 Å². The molecule has 1 aliphatic heterocycles. The van der Waals surface area contributed by atoms with E-state index in [1.165, 1.54) is 6.07 Å². The summed E-state index contributed by atoms with van der Waals surface area (Å²) in [7, 11) is 1.83. The quantitative estimate of drug-likeness (QED) is 0.742. The smallest absolute Gasteiger partial charge is 0.146 e. The molecule has 0 bridgehead atoms. The van der Waals surface area contributed by atoms with E-state index in [0.717, 1.165) is 28.2 Å². The number of pyridine rings is 1. The summed E-state index contributed by atoms with van der Waals surface area (Å²) >= 11 is 0. The van der Waals surface area contributed by atoms with Crippen molar-refractivity contribution in [3.05, 3.63) is 53.0 Å². The number of anilines is 3. The lowest BCUT2D eigenvalue weighted by Crippen LogP contribution is -2.32. The minimum Gasteiger partial charge on any atom is -0.396 e. The van der Waals surface area contributed by atoms with Gasteiger partial charge >= 0.3 is 0 Å². The zero-order chi connectivity index (χ0) is 15.9. The van der Waals surface area contributed by atoms with Gasteiger partial charge in [-0.05, 0) is 37.1 Å². The van der Waals surface area contributed by atoms with E-state index >= 15 is 0 Å². The summed E-state index contributed by atoms with van der Waals surface area (Å²) in [5.74, 6) is 0.408. The highest BCUT2D eigenvalue weighted by Crippen LogP contribution is 2.37. The Morgan fingerprint density at radius 2 is 2.09 bits per heavy atom. The Hall–Kier alpha value is -2.56. The molecule has 0 spiro atoms. The molecular formula is C17H19FN4. The van der Waals surface area contributed by atoms with Gasteiger partial charge in [0.25, 0.3) is 0 Å². The fourth-order valence-electron chi connectivity index (χ4n) is 2.83. The fraction of sp³-hybridized carbons (Fsp3) is 0.235. The monoisotopic (exact) mass is 298 g/mol. The molecule has 2 aromatic rings. The minimum atomic E-state index is -0.453. The number of halogens is 1. The van der Waals surface area contributed by atoms with Crippen LogP contribution in [0.4, 0.5) is 21.6 Å². The summed E-state index contributed by atoms with van der Waals surface area (Å²) in [6, 6.07) is 5.14. The maximum atomic E-state index is 13.6. The standard InChI is InChI=1S/C17H19FN4/c1-10-6-13(18)14(19)7-12(10)17(2)5-4-11-9-21-16(20-3)8-15(11)22-17/h4-9,22H,19H2,1-3H3,(H,20,21). The first-order chi connectivity index (χ1) is 10.4. The van der Waals surface area contributed by atoms with Gasteiger partial charge in [-0.25, -0.2) is 9.37 Å². The van der Waals surface area contributed by atoms with Crippen molar-refractivity contribution in [1.82, 2.24) is 4.98 Å². The third kappa shape index (κ3) is 2.28. The number of hydrogen-bond donors (Lipinski definition) is 3. The van der Waals surface area contributed by atoms with Crippen molar-refractivity contribution in [2.45, 2.75) is 19.4 Å². The molecule has 4 N–H and O–H groups in total. The zero-order valence-electron chi connectivity index (χ0n) is 12.9. The lowest BCUT2D eigenvalue weighted by atomic mass is 9.85. The number of hydrogen-bond acceptors (Lipinski definition) is 4. The third-order valence-corrected chi connectivity index (χ3v) is 4.08. The number of rotatable bonds is 2. The van der Waals surface area contributed by atoms with Crippen LogP contribution in [0.3, 0.4) is 0 Å². The Morgan fingerprint density at radius 3 is 2.82 bits per heavy atom. The minimum absolute atomic E-state index is 0.161. The van der Waals surface area contributed by atoms with Crippen LogP contribution in [0.1, 0.15) is 23.6 Å². The first-order valence-electron chi connectivity index (χ1n) is 7.14. The van der Waals surface area contributed by atoms with Crippen molar-refractivity contribution in [3.8, 4) is 0 Å². The number of benzene rings is 1. The number of nitrogen functional groups attached to an aromatic ring is 1. The van der Waals surface area contributed by atoms with Crippen LogP contribution in [-0.4, -0.2) is 12.0 Å². The summed E-state index contributed by atoms with van der Waals surface area (Å²) in [5.41, 5.74) is 9.27. The van der Waals surface area contributed by atoms with Crippen molar-refractivity contribution < 1.29 is 4.39 Å². The topological polar surface area (TPSA) is 63.0 Å². The van der Waals surface area contributed by atoms with E-state index in [9.17, 15) is 4.39 Å². The molecule has 1 aromatic carbocycles. The van der Waals surface area contributed by atoms with Crippen molar-refractivity contribution in [1.29, 1.82) is 0 Å². The second kappa shape index (κ2) is 5.02. The average Bonchev–Trinajstić information content (AvgIpc) is 2.50. The lowest BCUT2D eigenvalue weighted by molar-refractivity contribution is 0.624. The molecule has 1 unspecified atom stereocenters. The van der Waals surface area contributed by atoms with Crippen LogP contribution in [0, 0.1) is 12.7 Å². The summed E-state index contributed by atoms with van der Waals surface area (Å²) in [6.45, 7) is 3.94. The predicted molar refractivity (Wildman–Crippen MR) is 89.3 cm³/mol. The molecule has 114 valence electrons. The Morgan fingerprint density at radius 1 is 1.32 bits per heavy atom. The number of aromatic nitrogens is 1. The summed E-state index contributed by atoms with van der Waals surface area (Å²) in [6.07, 6.45) is 5.89. The van der Waals surface area contributed by atoms with Crippen LogP contribution in [0.25, 0.3) is 6.08 Å². The van der Waals surface area contributed by atoms with Crippen LogP contribution < -0.4 is 16.4 Å². The van der Waals surface area contributed by atoms with Gasteiger partial charge in [0.2, 0.25) is 0 Å². The van der Waals surface area contributed by atoms with Crippen LogP contribution in [-0.2, 0) is 5.54 Å². The Labute approximate surface area is 129 Å². The van der Waals surface area contributed by atoms with Crippen LogP contribution >= 0.6 is 0 Å². The van der Waals surface area contributed by atoms with E-state index in [2.05, 4.69) is 21.7 Å². The number of aryl methyl sites for hydroxylation is 1. The largest absolute Gasteiger partial charge is 0.396 e. The molecule has 0 fully saturated rings. The highest BCUT2D eigenvalue weighted by atomic mass is 19.1. The van der Waals surface area contributed by atoms with Crippen molar-refractivity contribution in [3.63, 3.8) is 0 Å². The molecule has 3 rings (SSSR count). The molecule has 22 heavy (non-hydrogen) atoms. The Kier molecular flexibility index (Phi) is 3.28. The number of fused-ring (bicyclic) bond motifs is 1. The molecule has 2 heterocycles. The van der Waals surface area contributed by atoms with Crippen molar-refractivity contribution in [2.24, 2.45) is 0 Å². The van der Waals surface area contributed by atoms with E-state index in [-0.39, 0.29) is 11.5 Å². The lowest BCUT2D eigenvalue weighted by Gasteiger charge is -2.34. The number of nitrogens with zero attached hydrogens (tertiary/aromatic N) is 1. The van der Waals surface area contributed by atoms with E-state index in [4.69, 9.17) is 5.73 Å². The van der Waals surface area contributed by atoms with Gasteiger partial charge in [-0.2, -0.15) is 0 Å². The maximum absolute atomic E-state index is 13.6. The third-order valence-electron chi connectivity index (χ3n) is 4.08. The normalized spacial score (nSPS) is 19.5. The molecule has 1 aliphatic rings. The van der Waals surface area contributed by atoms with E-state index in [1.54, 1.807) is 6.07 Å². The van der Waals surface area contributed by atoms with E-state index < -0.39 is 5.54 Å². The zero-order valence-corrected chi connectivity index (χ0v) is 12.9. The molecule has 0 aliphatic carbocycles. The summed E-state index contributed by atoms with van der Waals surface area (Å²) in [5, 5.41) is 6.53. The van der Waals surface area contributed by atoms with Gasteiger partial charge in [0.1, 0.15) is 11.6 Å². The van der Waals surface area contributed by atoms with Gasteiger partial charge in [-0.15, -0.1) is 0 Å². The van der Waals surface area contributed by atoms with Crippen LogP contribution in [0.5, 0.6) is 0 Å². The van der Waals surface area contributed by atoms with Crippen LogP contribution in [0.2, 0.25) is 0 Å². The first-order valence-corrected chi connectivity index (χ1v) is 7.14. The molecule has 0 amide bonds. The molecular weight excluding hydrogens is 279 g/mol. The Balaban J connectivity index is 2.07. The van der Waals surface area contributed by atoms with Gasteiger partial charge < -0.3 is 16.4 Å². The number of nitrogens with one attached hydrogen (secondary N) is 2. The number of nitrogens with two attached hydrogens (primary N) is 1. The predicted octanol–water partition coefficient (Wildman–Crippen LogP) is 3.51. The molecule has 0 saturated carbocycles. The molecule has 0 saturated heterocycles. The van der Waals surface area contributed by atoms with Gasteiger partial charge in [-0.1, -0.05) is 12.2 Å². The van der Waals surface area contributed by atoms with Gasteiger partial charge in [0.05, 0.1) is 11.2 Å². The van der Waals surface area contributed by atoms with Gasteiger partial charge in [0.15, 0.2) is 0 Å².